The van der Waals surface area contributed by atoms with E-state index in [1.807, 2.05) is 0 Å². The fourth-order valence-electron chi connectivity index (χ4n) is 3.31. The van der Waals surface area contributed by atoms with Gasteiger partial charge in [-0.3, -0.25) is 0 Å². The van der Waals surface area contributed by atoms with Crippen LogP contribution in [0.5, 0.6) is 0 Å². The maximum absolute atomic E-state index is 9.42. The van der Waals surface area contributed by atoms with E-state index in [2.05, 4.69) is 30.4 Å². The second-order valence-electron chi connectivity index (χ2n) is 6.97. The molecule has 23 heavy (non-hydrogen) atoms. The Balaban J connectivity index is 2.19. The highest BCUT2D eigenvalue weighted by molar-refractivity contribution is 8.18. The van der Waals surface area contributed by atoms with Gasteiger partial charge in [-0.1, -0.05) is 64.7 Å². The van der Waals surface area contributed by atoms with Crippen molar-refractivity contribution in [3.8, 4) is 0 Å². The van der Waals surface area contributed by atoms with Crippen LogP contribution in [-0.2, 0) is 0 Å². The van der Waals surface area contributed by atoms with E-state index < -0.39 is 0 Å². The van der Waals surface area contributed by atoms with Gasteiger partial charge in [0.15, 0.2) is 0 Å². The van der Waals surface area contributed by atoms with Crippen LogP contribution in [0.4, 0.5) is 0 Å². The molecule has 0 bridgehead atoms. The minimum Gasteiger partial charge on any atom is -0.396 e. The first kappa shape index (κ1) is 21.7. The zero-order valence-corrected chi connectivity index (χ0v) is 16.7. The summed E-state index contributed by atoms with van der Waals surface area (Å²) in [6.07, 6.45) is 15.9. The van der Waals surface area contributed by atoms with E-state index in [-0.39, 0.29) is 23.2 Å². The number of rotatable bonds is 14. The van der Waals surface area contributed by atoms with Crippen molar-refractivity contribution < 1.29 is 10.2 Å². The lowest BCUT2D eigenvalue weighted by molar-refractivity contribution is 0.140. The third kappa shape index (κ3) is 9.62. The molecule has 0 aliphatic carbocycles. The number of aliphatic hydroxyl groups is 2. The molecule has 0 unspecified atom stereocenters. The Labute approximate surface area is 152 Å². The van der Waals surface area contributed by atoms with Crippen molar-refractivity contribution in [2.24, 2.45) is 5.92 Å². The molecule has 2 nitrogen and oxygen atoms in total. The summed E-state index contributed by atoms with van der Waals surface area (Å²) in [7, 11) is 0. The van der Waals surface area contributed by atoms with Gasteiger partial charge in [-0.25, -0.2) is 0 Å². The Morgan fingerprint density at radius 2 is 1.35 bits per heavy atom. The molecule has 0 radical (unpaired) electrons. The topological polar surface area (TPSA) is 40.5 Å². The van der Waals surface area contributed by atoms with Crippen LogP contribution < -0.4 is 0 Å². The summed E-state index contributed by atoms with van der Waals surface area (Å²) in [6, 6.07) is 0. The molecule has 0 spiro atoms. The average molecular weight is 363 g/mol. The maximum Gasteiger partial charge on any atom is 0.0615 e. The van der Waals surface area contributed by atoms with Crippen LogP contribution in [0.2, 0.25) is 0 Å². The first-order valence-electron chi connectivity index (χ1n) is 9.76. The van der Waals surface area contributed by atoms with Crippen LogP contribution in [0, 0.1) is 5.92 Å². The molecule has 0 atom stereocenters. The minimum atomic E-state index is 0.0617. The van der Waals surface area contributed by atoms with Gasteiger partial charge in [0.2, 0.25) is 0 Å². The van der Waals surface area contributed by atoms with E-state index in [1.165, 1.54) is 82.1 Å². The van der Waals surface area contributed by atoms with Gasteiger partial charge in [0.1, 0.15) is 0 Å². The molecule has 0 aromatic heterocycles. The summed E-state index contributed by atoms with van der Waals surface area (Å²) in [5.41, 5.74) is 0. The van der Waals surface area contributed by atoms with E-state index in [0.29, 0.717) is 0 Å². The number of hydrogen-bond donors (Lipinski definition) is 2. The predicted octanol–water partition coefficient (Wildman–Crippen LogP) is 5.46. The first-order valence-corrected chi connectivity index (χ1v) is 11.7. The fourth-order valence-corrected chi connectivity index (χ4v) is 6.93. The first-order chi connectivity index (χ1) is 11.3. The lowest BCUT2D eigenvalue weighted by Crippen LogP contribution is -2.30. The molecule has 0 aromatic rings. The van der Waals surface area contributed by atoms with Crippen LogP contribution in [-0.4, -0.2) is 39.0 Å². The van der Waals surface area contributed by atoms with Gasteiger partial charge in [0.25, 0.3) is 0 Å². The summed E-state index contributed by atoms with van der Waals surface area (Å²) in [4.78, 5) is 0. The molecule has 4 heteroatoms. The summed E-state index contributed by atoms with van der Waals surface area (Å²) in [5.74, 6) is 2.55. The zero-order valence-electron chi connectivity index (χ0n) is 15.1. The zero-order chi connectivity index (χ0) is 16.8. The van der Waals surface area contributed by atoms with Gasteiger partial charge in [-0.15, -0.1) is 23.5 Å². The number of unbranched alkanes of at least 4 members (excludes halogenated alkanes) is 8. The van der Waals surface area contributed by atoms with E-state index >= 15 is 0 Å². The van der Waals surface area contributed by atoms with Gasteiger partial charge in [0.05, 0.1) is 4.08 Å². The fraction of sp³-hybridized carbons (Fsp3) is 1.00. The van der Waals surface area contributed by atoms with Gasteiger partial charge in [-0.05, 0) is 30.8 Å². The molecule has 0 saturated carbocycles. The molecule has 1 rings (SSSR count). The Kier molecular flexibility index (Phi) is 13.1. The molecule has 1 aliphatic rings. The molecule has 0 aromatic carbocycles. The van der Waals surface area contributed by atoms with Crippen molar-refractivity contribution in [1.82, 2.24) is 0 Å². The Morgan fingerprint density at radius 3 is 1.87 bits per heavy atom. The van der Waals surface area contributed by atoms with E-state index in [0.717, 1.165) is 6.42 Å². The lowest BCUT2D eigenvalue weighted by atomic mass is 10.00. The monoisotopic (exact) mass is 362 g/mol. The summed E-state index contributed by atoms with van der Waals surface area (Å²) in [6.45, 7) is 2.52. The van der Waals surface area contributed by atoms with Crippen molar-refractivity contribution in [2.45, 2.75) is 88.1 Å². The van der Waals surface area contributed by atoms with Gasteiger partial charge in [0, 0.05) is 19.1 Å². The molecule has 1 saturated heterocycles. The maximum atomic E-state index is 9.42. The van der Waals surface area contributed by atoms with Crippen molar-refractivity contribution in [3.05, 3.63) is 0 Å². The van der Waals surface area contributed by atoms with Crippen LogP contribution in [0.1, 0.15) is 84.0 Å². The van der Waals surface area contributed by atoms with Crippen molar-refractivity contribution in [1.29, 1.82) is 0 Å². The summed E-state index contributed by atoms with van der Waals surface area (Å²) >= 11 is 4.18. The van der Waals surface area contributed by atoms with Gasteiger partial charge >= 0.3 is 0 Å². The molecule has 1 heterocycles. The van der Waals surface area contributed by atoms with E-state index in [1.54, 1.807) is 0 Å². The smallest absolute Gasteiger partial charge is 0.0615 e. The highest BCUT2D eigenvalue weighted by Gasteiger charge is 2.35. The van der Waals surface area contributed by atoms with Crippen LogP contribution in [0.15, 0.2) is 0 Å². The highest BCUT2D eigenvalue weighted by atomic mass is 32.2. The molecular weight excluding hydrogens is 324 g/mol. The minimum absolute atomic E-state index is 0.0617. The molecular formula is C19H38O2S2. The quantitative estimate of drug-likeness (QED) is 0.402. The lowest BCUT2D eigenvalue weighted by Gasteiger charge is -2.38. The average Bonchev–Trinajstić information content (AvgIpc) is 2.59. The summed E-state index contributed by atoms with van der Waals surface area (Å²) < 4.78 is 0.259. The van der Waals surface area contributed by atoms with Crippen LogP contribution in [0.25, 0.3) is 0 Å². The predicted molar refractivity (Wildman–Crippen MR) is 106 cm³/mol. The molecule has 138 valence electrons. The van der Waals surface area contributed by atoms with E-state index in [9.17, 15) is 10.2 Å². The largest absolute Gasteiger partial charge is 0.396 e. The van der Waals surface area contributed by atoms with Crippen molar-refractivity contribution in [2.75, 3.05) is 24.7 Å². The third-order valence-corrected chi connectivity index (χ3v) is 8.28. The van der Waals surface area contributed by atoms with E-state index in [4.69, 9.17) is 0 Å². The number of thioether (sulfide) groups is 2. The molecule has 2 N–H and O–H groups in total. The highest BCUT2D eigenvalue weighted by Crippen LogP contribution is 2.49. The number of hydrogen-bond acceptors (Lipinski definition) is 4. The molecule has 1 fully saturated rings. The van der Waals surface area contributed by atoms with Crippen LogP contribution >= 0.6 is 23.5 Å². The molecule has 1 aliphatic heterocycles. The van der Waals surface area contributed by atoms with Crippen molar-refractivity contribution >= 4 is 23.5 Å². The van der Waals surface area contributed by atoms with Crippen LogP contribution in [0.3, 0.4) is 0 Å². The molecule has 0 amide bonds. The standard InChI is InChI=1S/C19H38O2S2/c1-2-3-4-5-6-7-8-9-10-12-19(15-18(16-20)17-21)22-13-11-14-23-19/h18,20-21H,2-17H2,1H3. The van der Waals surface area contributed by atoms with Gasteiger partial charge in [-0.2, -0.15) is 0 Å². The number of aliphatic hydroxyl groups excluding tert-OH is 2. The SMILES string of the molecule is CCCCCCCCCCCC1(CC(CO)CO)SCCCS1. The Bertz CT molecular complexity index is 264. The second kappa shape index (κ2) is 13.9. The van der Waals surface area contributed by atoms with Crippen molar-refractivity contribution in [3.63, 3.8) is 0 Å². The normalized spacial score (nSPS) is 17.7. The Morgan fingerprint density at radius 1 is 0.826 bits per heavy atom. The second-order valence-corrected chi connectivity index (χ2v) is 10.2. The van der Waals surface area contributed by atoms with Gasteiger partial charge < -0.3 is 10.2 Å². The third-order valence-electron chi connectivity index (χ3n) is 4.80. The Hall–Kier alpha value is 0.620. The summed E-state index contributed by atoms with van der Waals surface area (Å²) in [5, 5.41) is 18.8.